The standard InChI is InChI=1S/C55H31N3S/c1-2-11-38-37(10-1)47-29-34(21-23-39(47)40-24-22-35(30-48(38)40)46-31-36-9-7-27-56-53(36)54-42(46)14-8-28-57-54)32-17-19-33(20-18-32)52-45-26-25-43-41-12-4-6-16-50(41)59-55(43)51(45)44-13-3-5-15-49(44)58-52/h1-31H. The summed E-state index contributed by atoms with van der Waals surface area (Å²) in [6.45, 7) is 0. The Bertz CT molecular complexity index is 3880. The molecule has 0 atom stereocenters. The van der Waals surface area contributed by atoms with Crippen molar-refractivity contribution in [3.63, 3.8) is 0 Å². The van der Waals surface area contributed by atoms with Gasteiger partial charge in [-0.2, -0.15) is 0 Å². The number of hydrogen-bond donors (Lipinski definition) is 0. The van der Waals surface area contributed by atoms with Gasteiger partial charge >= 0.3 is 0 Å². The summed E-state index contributed by atoms with van der Waals surface area (Å²) >= 11 is 1.88. The summed E-state index contributed by atoms with van der Waals surface area (Å²) in [6, 6.07) is 64.2. The Morgan fingerprint density at radius 3 is 1.75 bits per heavy atom. The highest BCUT2D eigenvalue weighted by Crippen LogP contribution is 2.44. The molecule has 0 aliphatic carbocycles. The minimum absolute atomic E-state index is 0.931. The third kappa shape index (κ3) is 4.84. The second kappa shape index (κ2) is 12.5. The molecule has 4 aromatic heterocycles. The first-order valence-corrected chi connectivity index (χ1v) is 20.8. The number of hydrogen-bond acceptors (Lipinski definition) is 4. The summed E-state index contributed by atoms with van der Waals surface area (Å²) in [5.41, 5.74) is 9.72. The molecule has 9 aromatic carbocycles. The van der Waals surface area contributed by atoms with Gasteiger partial charge in [-0.1, -0.05) is 133 Å². The molecule has 0 aliphatic heterocycles. The quantitative estimate of drug-likeness (QED) is 0.168. The van der Waals surface area contributed by atoms with Crippen molar-refractivity contribution in [2.75, 3.05) is 0 Å². The average molecular weight is 766 g/mol. The van der Waals surface area contributed by atoms with Crippen molar-refractivity contribution >= 4 is 107 Å². The molecule has 0 unspecified atom stereocenters. The summed E-state index contributed by atoms with van der Waals surface area (Å²) in [7, 11) is 0. The Labute approximate surface area is 342 Å². The van der Waals surface area contributed by atoms with E-state index in [1.165, 1.54) is 90.9 Å². The molecule has 4 heteroatoms. The van der Waals surface area contributed by atoms with Crippen LogP contribution in [-0.2, 0) is 0 Å². The zero-order chi connectivity index (χ0) is 38.6. The van der Waals surface area contributed by atoms with Crippen LogP contribution in [0.1, 0.15) is 0 Å². The molecule has 59 heavy (non-hydrogen) atoms. The summed E-state index contributed by atoms with van der Waals surface area (Å²) in [5, 5.41) is 16.0. The number of pyridine rings is 3. The van der Waals surface area contributed by atoms with E-state index in [0.717, 1.165) is 38.6 Å². The van der Waals surface area contributed by atoms with Gasteiger partial charge in [0.05, 0.1) is 22.2 Å². The molecule has 13 aromatic rings. The van der Waals surface area contributed by atoms with E-state index in [1.807, 2.05) is 35.9 Å². The SMILES string of the molecule is c1cnc2c(c1)cc(-c1ccc3c4ccc(-c5ccc(-c6nc7ccccc7c7c6ccc6c8ccccc8sc67)cc5)cc4c4ccccc4c3c1)c1cccnc12. The van der Waals surface area contributed by atoms with Crippen LogP contribution in [0.3, 0.4) is 0 Å². The molecule has 0 bridgehead atoms. The fourth-order valence-electron chi connectivity index (χ4n) is 9.58. The maximum atomic E-state index is 5.29. The van der Waals surface area contributed by atoms with Crippen molar-refractivity contribution in [3.05, 3.63) is 188 Å². The number of rotatable bonds is 3. The lowest BCUT2D eigenvalue weighted by atomic mass is 9.89. The molecule has 0 fully saturated rings. The normalized spacial score (nSPS) is 12.1. The van der Waals surface area contributed by atoms with E-state index in [4.69, 9.17) is 9.97 Å². The first kappa shape index (κ1) is 32.5. The highest BCUT2D eigenvalue weighted by Gasteiger charge is 2.18. The van der Waals surface area contributed by atoms with Crippen LogP contribution in [0.2, 0.25) is 0 Å². The van der Waals surface area contributed by atoms with Crippen LogP contribution in [0.25, 0.3) is 129 Å². The number of benzene rings is 9. The predicted molar refractivity (Wildman–Crippen MR) is 252 cm³/mol. The van der Waals surface area contributed by atoms with E-state index in [0.29, 0.717) is 0 Å². The molecule has 13 rings (SSSR count). The maximum Gasteiger partial charge on any atom is 0.0970 e. The molecule has 0 saturated carbocycles. The number of para-hydroxylation sites is 1. The third-order valence-electron chi connectivity index (χ3n) is 12.3. The molecule has 0 amide bonds. The zero-order valence-electron chi connectivity index (χ0n) is 31.6. The van der Waals surface area contributed by atoms with Gasteiger partial charge in [-0.15, -0.1) is 11.3 Å². The summed E-state index contributed by atoms with van der Waals surface area (Å²) in [4.78, 5) is 14.8. The van der Waals surface area contributed by atoms with Gasteiger partial charge in [-0.3, -0.25) is 9.97 Å². The van der Waals surface area contributed by atoms with Crippen LogP contribution < -0.4 is 0 Å². The second-order valence-corrected chi connectivity index (χ2v) is 16.5. The van der Waals surface area contributed by atoms with Crippen LogP contribution >= 0.6 is 11.3 Å². The van der Waals surface area contributed by atoms with Crippen LogP contribution in [0.5, 0.6) is 0 Å². The first-order chi connectivity index (χ1) is 29.2. The van der Waals surface area contributed by atoms with Gasteiger partial charge < -0.3 is 0 Å². The molecule has 0 aliphatic rings. The van der Waals surface area contributed by atoms with Crippen molar-refractivity contribution in [3.8, 4) is 33.5 Å². The van der Waals surface area contributed by atoms with Crippen molar-refractivity contribution in [2.45, 2.75) is 0 Å². The minimum Gasteiger partial charge on any atom is -0.254 e. The minimum atomic E-state index is 0.931. The van der Waals surface area contributed by atoms with Gasteiger partial charge in [0.1, 0.15) is 0 Å². The summed E-state index contributed by atoms with van der Waals surface area (Å²) in [6.07, 6.45) is 3.70. The number of thiophene rings is 1. The van der Waals surface area contributed by atoms with E-state index in [9.17, 15) is 0 Å². The monoisotopic (exact) mass is 765 g/mol. The van der Waals surface area contributed by atoms with Gasteiger partial charge in [-0.05, 0) is 97.0 Å². The Hall–Kier alpha value is -7.53. The smallest absolute Gasteiger partial charge is 0.0970 e. The lowest BCUT2D eigenvalue weighted by molar-refractivity contribution is 1.37. The van der Waals surface area contributed by atoms with Crippen molar-refractivity contribution in [1.29, 1.82) is 0 Å². The molecule has 0 radical (unpaired) electrons. The maximum absolute atomic E-state index is 5.29. The third-order valence-corrected chi connectivity index (χ3v) is 13.5. The van der Waals surface area contributed by atoms with E-state index in [2.05, 4.69) is 169 Å². The lowest BCUT2D eigenvalue weighted by Gasteiger charge is -2.15. The predicted octanol–water partition coefficient (Wildman–Crippen LogP) is 15.3. The number of fused-ring (bicyclic) bond motifs is 16. The molecular weight excluding hydrogens is 735 g/mol. The van der Waals surface area contributed by atoms with Gasteiger partial charge in [0, 0.05) is 65.1 Å². The van der Waals surface area contributed by atoms with E-state index >= 15 is 0 Å². The second-order valence-electron chi connectivity index (χ2n) is 15.5. The fourth-order valence-corrected chi connectivity index (χ4v) is 10.8. The van der Waals surface area contributed by atoms with Gasteiger partial charge in [-0.25, -0.2) is 4.98 Å². The largest absolute Gasteiger partial charge is 0.254 e. The fraction of sp³-hybridized carbons (Fsp3) is 0. The first-order valence-electron chi connectivity index (χ1n) is 20.0. The van der Waals surface area contributed by atoms with E-state index in [-0.39, 0.29) is 0 Å². The Balaban J connectivity index is 0.945. The van der Waals surface area contributed by atoms with Gasteiger partial charge in [0.2, 0.25) is 0 Å². The van der Waals surface area contributed by atoms with Crippen LogP contribution in [0, 0.1) is 0 Å². The average Bonchev–Trinajstić information content (AvgIpc) is 3.70. The highest BCUT2D eigenvalue weighted by molar-refractivity contribution is 7.26. The van der Waals surface area contributed by atoms with E-state index in [1.54, 1.807) is 0 Å². The zero-order valence-corrected chi connectivity index (χ0v) is 32.5. The molecule has 272 valence electrons. The summed E-state index contributed by atoms with van der Waals surface area (Å²) < 4.78 is 2.64. The lowest BCUT2D eigenvalue weighted by Crippen LogP contribution is -1.91. The van der Waals surface area contributed by atoms with Crippen molar-refractivity contribution in [1.82, 2.24) is 15.0 Å². The van der Waals surface area contributed by atoms with Gasteiger partial charge in [0.25, 0.3) is 0 Å². The van der Waals surface area contributed by atoms with Crippen LogP contribution in [-0.4, -0.2) is 15.0 Å². The molecule has 0 N–H and O–H groups in total. The highest BCUT2D eigenvalue weighted by atomic mass is 32.1. The molecule has 4 heterocycles. The molecule has 0 saturated heterocycles. The molecular formula is C55H31N3S. The van der Waals surface area contributed by atoms with Crippen LogP contribution in [0.15, 0.2) is 188 Å². The Kier molecular flexibility index (Phi) is 6.89. The summed E-state index contributed by atoms with van der Waals surface area (Å²) in [5.74, 6) is 0. The Morgan fingerprint density at radius 2 is 0.932 bits per heavy atom. The Morgan fingerprint density at radius 1 is 0.356 bits per heavy atom. The number of nitrogens with zero attached hydrogens (tertiary/aromatic N) is 3. The molecule has 3 nitrogen and oxygen atoms in total. The van der Waals surface area contributed by atoms with E-state index < -0.39 is 0 Å². The van der Waals surface area contributed by atoms with Crippen molar-refractivity contribution < 1.29 is 0 Å². The number of aromatic nitrogens is 3. The van der Waals surface area contributed by atoms with Gasteiger partial charge in [0.15, 0.2) is 0 Å². The van der Waals surface area contributed by atoms with Crippen molar-refractivity contribution in [2.24, 2.45) is 0 Å². The molecule has 0 spiro atoms. The van der Waals surface area contributed by atoms with Crippen LogP contribution in [0.4, 0.5) is 0 Å². The topological polar surface area (TPSA) is 38.7 Å².